The Kier molecular flexibility index (Phi) is 5.94. The van der Waals surface area contributed by atoms with Crippen LogP contribution in [0.2, 0.25) is 0 Å². The van der Waals surface area contributed by atoms with Crippen LogP contribution in [-0.4, -0.2) is 54.1 Å². The van der Waals surface area contributed by atoms with E-state index in [9.17, 15) is 9.59 Å². The summed E-state index contributed by atoms with van der Waals surface area (Å²) in [4.78, 5) is 36.9. The van der Waals surface area contributed by atoms with Gasteiger partial charge < -0.3 is 10.6 Å². The van der Waals surface area contributed by atoms with Crippen molar-refractivity contribution in [3.8, 4) is 0 Å². The first kappa shape index (κ1) is 21.6. The molecular formula is C24H26N8O2. The quantitative estimate of drug-likeness (QED) is 0.428. The third-order valence-electron chi connectivity index (χ3n) is 5.96. The molecule has 0 aliphatic carbocycles. The summed E-state index contributed by atoms with van der Waals surface area (Å²) in [5.41, 5.74) is 8.40. The summed E-state index contributed by atoms with van der Waals surface area (Å²) in [6.45, 7) is 2.57. The topological polar surface area (TPSA) is 124 Å². The Balaban J connectivity index is 1.47. The number of aromatic nitrogens is 5. The van der Waals surface area contributed by atoms with Gasteiger partial charge in [0, 0.05) is 49.5 Å². The highest BCUT2D eigenvalue weighted by atomic mass is 16.2. The second-order valence-corrected chi connectivity index (χ2v) is 8.36. The molecule has 10 heteroatoms. The van der Waals surface area contributed by atoms with E-state index in [-0.39, 0.29) is 11.8 Å². The Hall–Kier alpha value is -4.21. The lowest BCUT2D eigenvalue weighted by Crippen LogP contribution is -2.35. The summed E-state index contributed by atoms with van der Waals surface area (Å²) < 4.78 is 3.62. The summed E-state index contributed by atoms with van der Waals surface area (Å²) in [5, 5.41) is 7.12. The van der Waals surface area contributed by atoms with E-state index in [1.807, 2.05) is 21.7 Å². The normalized spacial score (nSPS) is 13.8. The minimum atomic E-state index is -0.326. The molecule has 34 heavy (non-hydrogen) atoms. The third kappa shape index (κ3) is 4.47. The number of carbonyl (C=O) groups excluding carboxylic acids is 2. The highest BCUT2D eigenvalue weighted by molar-refractivity contribution is 6.04. The molecular weight excluding hydrogens is 432 g/mol. The Bertz CT molecular complexity index is 1320. The summed E-state index contributed by atoms with van der Waals surface area (Å²) in [6, 6.07) is 10.4. The summed E-state index contributed by atoms with van der Waals surface area (Å²) in [6.07, 6.45) is 8.36. The molecule has 174 valence electrons. The molecule has 1 saturated heterocycles. The summed E-state index contributed by atoms with van der Waals surface area (Å²) >= 11 is 0. The van der Waals surface area contributed by atoms with Gasteiger partial charge in [0.15, 0.2) is 5.65 Å². The van der Waals surface area contributed by atoms with Gasteiger partial charge in [-0.05, 0) is 49.6 Å². The lowest BCUT2D eigenvalue weighted by atomic mass is 10.1. The number of nitrogens with one attached hydrogen (secondary N) is 1. The first-order valence-corrected chi connectivity index (χ1v) is 11.4. The molecule has 0 bridgehead atoms. The number of anilines is 2. The molecule has 3 aromatic heterocycles. The van der Waals surface area contributed by atoms with Crippen LogP contribution in [0.25, 0.3) is 11.2 Å². The monoisotopic (exact) mass is 458 g/mol. The number of amides is 2. The predicted molar refractivity (Wildman–Crippen MR) is 128 cm³/mol. The molecule has 10 nitrogen and oxygen atoms in total. The summed E-state index contributed by atoms with van der Waals surface area (Å²) in [7, 11) is 0. The number of pyridine rings is 1. The number of nitrogens with zero attached hydrogens (tertiary/aromatic N) is 6. The van der Waals surface area contributed by atoms with Gasteiger partial charge in [-0.15, -0.1) is 0 Å². The number of piperidine rings is 1. The van der Waals surface area contributed by atoms with Gasteiger partial charge in [0.05, 0.1) is 12.1 Å². The van der Waals surface area contributed by atoms with Crippen molar-refractivity contribution in [3.05, 3.63) is 66.1 Å². The molecule has 0 atom stereocenters. The van der Waals surface area contributed by atoms with Crippen LogP contribution in [-0.2, 0) is 13.1 Å². The van der Waals surface area contributed by atoms with Crippen molar-refractivity contribution in [1.29, 1.82) is 0 Å². The smallest absolute Gasteiger partial charge is 0.258 e. The van der Waals surface area contributed by atoms with E-state index in [0.29, 0.717) is 47.0 Å². The van der Waals surface area contributed by atoms with Crippen LogP contribution in [0, 0.1) is 0 Å². The fourth-order valence-corrected chi connectivity index (χ4v) is 4.20. The van der Waals surface area contributed by atoms with Crippen molar-refractivity contribution < 1.29 is 9.59 Å². The maximum absolute atomic E-state index is 13.0. The van der Waals surface area contributed by atoms with Crippen molar-refractivity contribution >= 4 is 34.6 Å². The number of aryl methyl sites for hydroxylation is 2. The zero-order valence-electron chi connectivity index (χ0n) is 18.7. The molecule has 5 rings (SSSR count). The van der Waals surface area contributed by atoms with E-state index in [4.69, 9.17) is 5.73 Å². The van der Waals surface area contributed by atoms with E-state index in [0.717, 1.165) is 32.4 Å². The zero-order chi connectivity index (χ0) is 23.5. The lowest BCUT2D eigenvalue weighted by Gasteiger charge is -2.26. The number of hydrogen-bond acceptors (Lipinski definition) is 6. The number of hydrogen-bond donors (Lipinski definition) is 2. The molecule has 3 N–H and O–H groups in total. The van der Waals surface area contributed by atoms with E-state index in [2.05, 4.69) is 20.4 Å². The number of nitrogens with two attached hydrogens (primary N) is 1. The Morgan fingerprint density at radius 3 is 2.65 bits per heavy atom. The van der Waals surface area contributed by atoms with E-state index in [1.54, 1.807) is 47.4 Å². The zero-order valence-corrected chi connectivity index (χ0v) is 18.7. The molecule has 1 fully saturated rings. The number of nitrogen functional groups attached to an aromatic ring is 1. The third-order valence-corrected chi connectivity index (χ3v) is 5.96. The fraction of sp³-hybridized carbons (Fsp3) is 0.292. The van der Waals surface area contributed by atoms with E-state index >= 15 is 0 Å². The van der Waals surface area contributed by atoms with Gasteiger partial charge in [-0.1, -0.05) is 6.07 Å². The average Bonchev–Trinajstić information content (AvgIpc) is 3.50. The number of carbonyl (C=O) groups is 2. The first-order chi connectivity index (χ1) is 16.6. The van der Waals surface area contributed by atoms with Crippen molar-refractivity contribution in [3.63, 3.8) is 0 Å². The van der Waals surface area contributed by atoms with Crippen LogP contribution in [0.4, 0.5) is 11.6 Å². The van der Waals surface area contributed by atoms with Gasteiger partial charge in [0.2, 0.25) is 5.95 Å². The molecule has 2 amide bonds. The number of benzene rings is 1. The molecule has 1 aliphatic heterocycles. The van der Waals surface area contributed by atoms with Gasteiger partial charge >= 0.3 is 0 Å². The van der Waals surface area contributed by atoms with Gasteiger partial charge in [-0.25, -0.2) is 9.97 Å². The largest absolute Gasteiger partial charge is 0.399 e. The fourth-order valence-electron chi connectivity index (χ4n) is 4.20. The number of fused-ring (bicyclic) bond motifs is 1. The van der Waals surface area contributed by atoms with Crippen molar-refractivity contribution in [2.45, 2.75) is 32.4 Å². The standard InChI is InChI=1S/C24H26N8O2/c25-19-7-4-6-17(14-19)22(33)29-24-28-20-15-18(23(34)30-9-2-1-3-10-30)16-26-21(20)32(24)13-12-31-11-5-8-27-31/h4-8,11,14-16H,1-3,9-10,12-13,25H2,(H,28,29,33). The lowest BCUT2D eigenvalue weighted by molar-refractivity contribution is 0.0724. The number of likely N-dealkylation sites (tertiary alicyclic amines) is 1. The highest BCUT2D eigenvalue weighted by Crippen LogP contribution is 2.22. The van der Waals surface area contributed by atoms with Crippen LogP contribution in [0.15, 0.2) is 55.0 Å². The molecule has 0 unspecified atom stereocenters. The van der Waals surface area contributed by atoms with Crippen LogP contribution in [0.3, 0.4) is 0 Å². The van der Waals surface area contributed by atoms with E-state index < -0.39 is 0 Å². The molecule has 1 aliphatic rings. The molecule has 1 aromatic carbocycles. The minimum Gasteiger partial charge on any atom is -0.399 e. The minimum absolute atomic E-state index is 0.0365. The van der Waals surface area contributed by atoms with Crippen molar-refractivity contribution in [1.82, 2.24) is 29.2 Å². The summed E-state index contributed by atoms with van der Waals surface area (Å²) in [5.74, 6) is -0.0113. The molecule has 4 heterocycles. The Morgan fingerprint density at radius 2 is 1.88 bits per heavy atom. The Labute approximate surface area is 196 Å². The van der Waals surface area contributed by atoms with Crippen molar-refractivity contribution in [2.24, 2.45) is 0 Å². The molecule has 0 spiro atoms. The SMILES string of the molecule is Nc1cccc(C(=O)Nc2nc3cc(C(=O)N4CCCCC4)cnc3n2CCn2cccn2)c1. The van der Waals surface area contributed by atoms with Crippen LogP contribution in [0.1, 0.15) is 40.0 Å². The molecule has 0 radical (unpaired) electrons. The van der Waals surface area contributed by atoms with Crippen molar-refractivity contribution in [2.75, 3.05) is 24.1 Å². The molecule has 4 aromatic rings. The maximum Gasteiger partial charge on any atom is 0.258 e. The second-order valence-electron chi connectivity index (χ2n) is 8.36. The maximum atomic E-state index is 13.0. The average molecular weight is 459 g/mol. The first-order valence-electron chi connectivity index (χ1n) is 11.4. The van der Waals surface area contributed by atoms with Gasteiger partial charge in [0.1, 0.15) is 5.52 Å². The van der Waals surface area contributed by atoms with Gasteiger partial charge in [-0.2, -0.15) is 5.10 Å². The van der Waals surface area contributed by atoms with Crippen LogP contribution < -0.4 is 11.1 Å². The predicted octanol–water partition coefficient (Wildman–Crippen LogP) is 2.79. The van der Waals surface area contributed by atoms with Crippen LogP contribution >= 0.6 is 0 Å². The van der Waals surface area contributed by atoms with Gasteiger partial charge in [-0.3, -0.25) is 24.2 Å². The second kappa shape index (κ2) is 9.34. The highest BCUT2D eigenvalue weighted by Gasteiger charge is 2.21. The molecule has 0 saturated carbocycles. The van der Waals surface area contributed by atoms with Crippen LogP contribution in [0.5, 0.6) is 0 Å². The van der Waals surface area contributed by atoms with E-state index in [1.165, 1.54) is 0 Å². The van der Waals surface area contributed by atoms with Gasteiger partial charge in [0.25, 0.3) is 11.8 Å². The Morgan fingerprint density at radius 1 is 1.03 bits per heavy atom. The number of rotatable bonds is 6. The number of imidazole rings is 1.